The summed E-state index contributed by atoms with van der Waals surface area (Å²) in [6, 6.07) is 14.5. The molecule has 0 radical (unpaired) electrons. The third kappa shape index (κ3) is 4.51. The van der Waals surface area contributed by atoms with Gasteiger partial charge in [0.2, 0.25) is 0 Å². The van der Waals surface area contributed by atoms with Crippen molar-refractivity contribution in [3.8, 4) is 5.75 Å². The predicted molar refractivity (Wildman–Crippen MR) is 103 cm³/mol. The van der Waals surface area contributed by atoms with Crippen LogP contribution in [0.15, 0.2) is 71.9 Å². The summed E-state index contributed by atoms with van der Waals surface area (Å²) in [5.41, 5.74) is 1.35. The number of hydrogen-bond acceptors (Lipinski definition) is 4. The molecule has 5 nitrogen and oxygen atoms in total. The van der Waals surface area contributed by atoms with Crippen LogP contribution in [0, 0.1) is 5.82 Å². The minimum absolute atomic E-state index is 0.113. The summed E-state index contributed by atoms with van der Waals surface area (Å²) in [5.74, 6) is 0.113. The number of nitrogens with one attached hydrogen (secondary N) is 1. The molecule has 0 fully saturated rings. The van der Waals surface area contributed by atoms with Crippen LogP contribution in [0.2, 0.25) is 0 Å². The highest BCUT2D eigenvalue weighted by atomic mass is 32.2. The van der Waals surface area contributed by atoms with E-state index in [1.807, 2.05) is 0 Å². The van der Waals surface area contributed by atoms with Gasteiger partial charge in [-0.05, 0) is 42.0 Å². The van der Waals surface area contributed by atoms with Crippen molar-refractivity contribution in [3.63, 3.8) is 0 Å². The molecule has 1 aromatic heterocycles. The van der Waals surface area contributed by atoms with Crippen molar-refractivity contribution in [1.82, 2.24) is 4.98 Å². The highest BCUT2D eigenvalue weighted by Gasteiger charge is 2.15. The molecule has 0 spiro atoms. The largest absolute Gasteiger partial charge is 0.497 e. The van der Waals surface area contributed by atoms with E-state index in [0.29, 0.717) is 22.6 Å². The lowest BCUT2D eigenvalue weighted by atomic mass is 10.1. The predicted octanol–water partition coefficient (Wildman–Crippen LogP) is 4.20. The van der Waals surface area contributed by atoms with Gasteiger partial charge in [0.05, 0.1) is 23.9 Å². The van der Waals surface area contributed by atoms with Gasteiger partial charge in [0.1, 0.15) is 11.6 Å². The first kappa shape index (κ1) is 18.6. The Balaban J connectivity index is 1.88. The molecule has 0 aliphatic heterocycles. The number of hydrogen-bond donors (Lipinski definition) is 1. The second-order valence-electron chi connectivity index (χ2n) is 5.60. The van der Waals surface area contributed by atoms with Crippen LogP contribution in [0.5, 0.6) is 5.75 Å². The molecule has 3 aromatic rings. The quantitative estimate of drug-likeness (QED) is 0.692. The molecule has 0 atom stereocenters. The van der Waals surface area contributed by atoms with Crippen LogP contribution in [0.4, 0.5) is 10.1 Å². The lowest BCUT2D eigenvalue weighted by molar-refractivity contribution is 0.414. The smallest absolute Gasteiger partial charge is 0.261 e. The van der Waals surface area contributed by atoms with Gasteiger partial charge in [-0.25, -0.2) is 12.8 Å². The zero-order valence-electron chi connectivity index (χ0n) is 14.5. The zero-order valence-corrected chi connectivity index (χ0v) is 15.3. The van der Waals surface area contributed by atoms with Crippen molar-refractivity contribution in [2.75, 3.05) is 11.8 Å². The highest BCUT2D eigenvalue weighted by molar-refractivity contribution is 7.92. The maximum atomic E-state index is 13.7. The van der Waals surface area contributed by atoms with E-state index in [0.717, 1.165) is 6.20 Å². The van der Waals surface area contributed by atoms with Crippen molar-refractivity contribution in [2.45, 2.75) is 4.90 Å². The van der Waals surface area contributed by atoms with Crippen LogP contribution in [-0.2, 0) is 10.0 Å². The number of halogens is 1. The fourth-order valence-corrected chi connectivity index (χ4v) is 3.48. The first-order chi connectivity index (χ1) is 13.0. The van der Waals surface area contributed by atoms with Crippen molar-refractivity contribution in [2.24, 2.45) is 0 Å². The monoisotopic (exact) mass is 384 g/mol. The van der Waals surface area contributed by atoms with E-state index in [9.17, 15) is 12.8 Å². The molecular weight excluding hydrogens is 367 g/mol. The summed E-state index contributed by atoms with van der Waals surface area (Å²) in [6.07, 6.45) is 5.82. The van der Waals surface area contributed by atoms with Gasteiger partial charge in [-0.15, -0.1) is 0 Å². The summed E-state index contributed by atoms with van der Waals surface area (Å²) in [6.45, 7) is 0. The highest BCUT2D eigenvalue weighted by Crippen LogP contribution is 2.23. The van der Waals surface area contributed by atoms with Crippen molar-refractivity contribution in [3.05, 3.63) is 83.9 Å². The first-order valence-electron chi connectivity index (χ1n) is 8.03. The van der Waals surface area contributed by atoms with E-state index in [1.165, 1.54) is 31.5 Å². The molecule has 138 valence electrons. The number of para-hydroxylation sites is 1. The Kier molecular flexibility index (Phi) is 5.52. The van der Waals surface area contributed by atoms with Gasteiger partial charge in [-0.3, -0.25) is 9.71 Å². The Morgan fingerprint density at radius 2 is 1.70 bits per heavy atom. The van der Waals surface area contributed by atoms with Gasteiger partial charge in [0, 0.05) is 11.8 Å². The molecule has 0 bridgehead atoms. The van der Waals surface area contributed by atoms with Crippen LogP contribution < -0.4 is 9.46 Å². The molecule has 0 aliphatic rings. The SMILES string of the molecule is COc1ccc(S(=O)(=O)Nc2ccccc2/C=C/c2ccncc2F)cc1. The number of nitrogens with zero attached hydrogens (tertiary/aromatic N) is 1. The number of ether oxygens (including phenoxy) is 1. The normalized spacial score (nSPS) is 11.5. The average molecular weight is 384 g/mol. The second-order valence-corrected chi connectivity index (χ2v) is 7.28. The Labute approximate surface area is 157 Å². The number of benzene rings is 2. The van der Waals surface area contributed by atoms with Crippen LogP contribution in [0.3, 0.4) is 0 Å². The van der Waals surface area contributed by atoms with Gasteiger partial charge in [-0.2, -0.15) is 0 Å². The van der Waals surface area contributed by atoms with Gasteiger partial charge < -0.3 is 4.74 Å². The van der Waals surface area contributed by atoms with Crippen molar-refractivity contribution in [1.29, 1.82) is 0 Å². The third-order valence-corrected chi connectivity index (χ3v) is 5.20. The second kappa shape index (κ2) is 8.01. The number of methoxy groups -OCH3 is 1. The van der Waals surface area contributed by atoms with Gasteiger partial charge >= 0.3 is 0 Å². The van der Waals surface area contributed by atoms with Gasteiger partial charge in [0.25, 0.3) is 10.0 Å². The molecule has 0 amide bonds. The summed E-state index contributed by atoms with van der Waals surface area (Å²) < 4.78 is 46.6. The van der Waals surface area contributed by atoms with E-state index < -0.39 is 15.8 Å². The van der Waals surface area contributed by atoms with Gasteiger partial charge in [-0.1, -0.05) is 30.4 Å². The number of aromatic nitrogens is 1. The van der Waals surface area contributed by atoms with Crippen LogP contribution in [-0.4, -0.2) is 20.5 Å². The van der Waals surface area contributed by atoms with Gasteiger partial charge in [0.15, 0.2) is 0 Å². The van der Waals surface area contributed by atoms with E-state index in [4.69, 9.17) is 4.74 Å². The number of anilines is 1. The Hall–Kier alpha value is -3.19. The van der Waals surface area contributed by atoms with Crippen LogP contribution in [0.1, 0.15) is 11.1 Å². The Bertz CT molecular complexity index is 1060. The van der Waals surface area contributed by atoms with Crippen molar-refractivity contribution < 1.29 is 17.5 Å². The standard InChI is InChI=1S/C20H17FN2O3S/c1-26-17-8-10-18(11-9-17)27(24,25)23-20-5-3-2-4-16(20)7-6-15-12-13-22-14-19(15)21/h2-14,23H,1H3/b7-6+. The fraction of sp³-hybridized carbons (Fsp3) is 0.0500. The summed E-state index contributed by atoms with van der Waals surface area (Å²) in [4.78, 5) is 3.82. The average Bonchev–Trinajstić information content (AvgIpc) is 2.68. The Morgan fingerprint density at radius 1 is 1.00 bits per heavy atom. The fourth-order valence-electron chi connectivity index (χ4n) is 2.39. The molecule has 3 rings (SSSR count). The first-order valence-corrected chi connectivity index (χ1v) is 9.51. The Morgan fingerprint density at radius 3 is 2.41 bits per heavy atom. The third-order valence-electron chi connectivity index (χ3n) is 3.82. The molecule has 7 heteroatoms. The minimum atomic E-state index is -3.78. The van der Waals surface area contributed by atoms with E-state index in [1.54, 1.807) is 48.6 Å². The molecule has 27 heavy (non-hydrogen) atoms. The number of sulfonamides is 1. The van der Waals surface area contributed by atoms with E-state index >= 15 is 0 Å². The molecule has 0 saturated heterocycles. The topological polar surface area (TPSA) is 68.3 Å². The van der Waals surface area contributed by atoms with Crippen LogP contribution in [0.25, 0.3) is 12.2 Å². The summed E-state index contributed by atoms with van der Waals surface area (Å²) in [7, 11) is -2.27. The molecule has 0 aliphatic carbocycles. The number of pyridine rings is 1. The van der Waals surface area contributed by atoms with Crippen LogP contribution >= 0.6 is 0 Å². The van der Waals surface area contributed by atoms with E-state index in [2.05, 4.69) is 9.71 Å². The van der Waals surface area contributed by atoms with Crippen molar-refractivity contribution >= 4 is 27.9 Å². The zero-order chi connectivity index (χ0) is 19.3. The number of rotatable bonds is 6. The maximum absolute atomic E-state index is 13.7. The maximum Gasteiger partial charge on any atom is 0.261 e. The summed E-state index contributed by atoms with van der Waals surface area (Å²) >= 11 is 0. The summed E-state index contributed by atoms with van der Waals surface area (Å²) in [5, 5.41) is 0. The molecular formula is C20H17FN2O3S. The minimum Gasteiger partial charge on any atom is -0.497 e. The molecule has 0 unspecified atom stereocenters. The lowest BCUT2D eigenvalue weighted by Gasteiger charge is -2.11. The van der Waals surface area contributed by atoms with E-state index in [-0.39, 0.29) is 4.90 Å². The molecule has 0 saturated carbocycles. The molecule has 1 N–H and O–H groups in total. The lowest BCUT2D eigenvalue weighted by Crippen LogP contribution is -2.13. The molecule has 1 heterocycles. The molecule has 2 aromatic carbocycles.